The molecule has 0 aromatic heterocycles. The minimum Gasteiger partial charge on any atom is -0.493 e. The Morgan fingerprint density at radius 3 is 2.26 bits per heavy atom. The predicted molar refractivity (Wildman–Crippen MR) is 180 cm³/mol. The maximum Gasteiger partial charge on any atom is 0.319 e. The third-order valence-electron chi connectivity index (χ3n) is 8.07. The van der Waals surface area contributed by atoms with Gasteiger partial charge in [-0.1, -0.05) is 33.1 Å². The molecule has 0 bridgehead atoms. The molecule has 11 heteroatoms. The number of anilines is 2. The molecule has 254 valence electrons. The molecule has 0 unspecified atom stereocenters. The summed E-state index contributed by atoms with van der Waals surface area (Å²) in [4.78, 5) is 27.6. The first kappa shape index (κ1) is 35.5. The molecule has 1 saturated heterocycles. The quantitative estimate of drug-likeness (QED) is 0.143. The van der Waals surface area contributed by atoms with Crippen LogP contribution < -0.4 is 30.2 Å². The number of hydrogen-bond acceptors (Lipinski definition) is 6. The molecule has 3 N–H and O–H groups in total. The van der Waals surface area contributed by atoms with Gasteiger partial charge in [0.25, 0.3) is 5.91 Å². The number of nitrogens with zero attached hydrogens (tertiary/aromatic N) is 1. The number of amides is 3. The number of nitrogens with one attached hydrogen (secondary N) is 3. The number of methoxy groups -OCH3 is 1. The molecule has 3 aromatic rings. The van der Waals surface area contributed by atoms with Crippen LogP contribution in [0.4, 0.5) is 25.0 Å². The third-order valence-corrected chi connectivity index (χ3v) is 8.07. The van der Waals surface area contributed by atoms with Crippen LogP contribution in [0.3, 0.4) is 0 Å². The first-order valence-electron chi connectivity index (χ1n) is 16.4. The predicted octanol–water partition coefficient (Wildman–Crippen LogP) is 8.28. The van der Waals surface area contributed by atoms with E-state index in [-0.39, 0.29) is 28.9 Å². The van der Waals surface area contributed by atoms with Crippen LogP contribution in [-0.2, 0) is 0 Å². The summed E-state index contributed by atoms with van der Waals surface area (Å²) in [5.74, 6) is -0.863. The zero-order valence-electron chi connectivity index (χ0n) is 27.7. The van der Waals surface area contributed by atoms with Crippen molar-refractivity contribution in [2.45, 2.75) is 71.8 Å². The second-order valence-corrected chi connectivity index (χ2v) is 11.8. The van der Waals surface area contributed by atoms with Crippen LogP contribution in [0.2, 0.25) is 0 Å². The number of halogens is 2. The van der Waals surface area contributed by atoms with Gasteiger partial charge in [-0.05, 0) is 75.0 Å². The van der Waals surface area contributed by atoms with Crippen LogP contribution in [0.15, 0.2) is 48.5 Å². The highest BCUT2D eigenvalue weighted by Gasteiger charge is 2.22. The van der Waals surface area contributed by atoms with E-state index in [1.54, 1.807) is 31.2 Å². The van der Waals surface area contributed by atoms with Crippen LogP contribution in [0, 0.1) is 18.6 Å². The van der Waals surface area contributed by atoms with Crippen LogP contribution in [0.5, 0.6) is 23.0 Å². The lowest BCUT2D eigenvalue weighted by molar-refractivity contribution is 0.0986. The van der Waals surface area contributed by atoms with Gasteiger partial charge in [0.1, 0.15) is 23.4 Å². The molecule has 0 spiro atoms. The molecule has 0 atom stereocenters. The number of likely N-dealkylation sites (tertiary alicyclic amines) is 1. The topological polar surface area (TPSA) is 101 Å². The number of benzene rings is 3. The molecular weight excluding hydrogens is 606 g/mol. The van der Waals surface area contributed by atoms with Crippen LogP contribution in [-0.4, -0.2) is 56.2 Å². The van der Waals surface area contributed by atoms with Crippen molar-refractivity contribution in [3.8, 4) is 23.0 Å². The zero-order valence-corrected chi connectivity index (χ0v) is 27.7. The Hall–Kier alpha value is -4.38. The second-order valence-electron chi connectivity index (χ2n) is 11.8. The molecule has 3 aromatic carbocycles. The van der Waals surface area contributed by atoms with Crippen molar-refractivity contribution in [1.82, 2.24) is 10.2 Å². The zero-order chi connectivity index (χ0) is 33.8. The summed E-state index contributed by atoms with van der Waals surface area (Å²) in [6.07, 6.45) is 6.99. The van der Waals surface area contributed by atoms with E-state index in [0.717, 1.165) is 57.8 Å². The molecule has 1 fully saturated rings. The molecule has 1 aliphatic rings. The van der Waals surface area contributed by atoms with Crippen LogP contribution >= 0.6 is 0 Å². The van der Waals surface area contributed by atoms with Crippen molar-refractivity contribution in [2.75, 3.05) is 43.9 Å². The van der Waals surface area contributed by atoms with Gasteiger partial charge in [0.05, 0.1) is 18.4 Å². The fourth-order valence-electron chi connectivity index (χ4n) is 5.32. The lowest BCUT2D eigenvalue weighted by Gasteiger charge is -2.32. The lowest BCUT2D eigenvalue weighted by atomic mass is 10.1. The number of carbonyl (C=O) groups excluding carboxylic acids is 2. The highest BCUT2D eigenvalue weighted by molar-refractivity contribution is 6.04. The van der Waals surface area contributed by atoms with Gasteiger partial charge in [-0.15, -0.1) is 0 Å². The Bertz CT molecular complexity index is 1490. The first-order valence-corrected chi connectivity index (χ1v) is 16.4. The van der Waals surface area contributed by atoms with Crippen molar-refractivity contribution in [2.24, 2.45) is 0 Å². The van der Waals surface area contributed by atoms with Crippen LogP contribution in [0.1, 0.15) is 74.7 Å². The van der Waals surface area contributed by atoms with E-state index < -0.39 is 23.6 Å². The Balaban J connectivity index is 1.33. The van der Waals surface area contributed by atoms with E-state index in [4.69, 9.17) is 14.2 Å². The monoisotopic (exact) mass is 652 g/mol. The highest BCUT2D eigenvalue weighted by Crippen LogP contribution is 2.36. The van der Waals surface area contributed by atoms with E-state index in [2.05, 4.69) is 34.7 Å². The summed E-state index contributed by atoms with van der Waals surface area (Å²) in [6, 6.07) is 11.1. The van der Waals surface area contributed by atoms with Crippen molar-refractivity contribution < 1.29 is 32.6 Å². The molecular formula is C36H46F2N4O5. The Morgan fingerprint density at radius 1 is 0.872 bits per heavy atom. The van der Waals surface area contributed by atoms with Gasteiger partial charge in [-0.3, -0.25) is 4.79 Å². The summed E-state index contributed by atoms with van der Waals surface area (Å²) in [5, 5.41) is 7.90. The fraction of sp³-hybridized carbons (Fsp3) is 0.444. The van der Waals surface area contributed by atoms with Crippen molar-refractivity contribution in [3.05, 3.63) is 71.3 Å². The van der Waals surface area contributed by atoms with E-state index >= 15 is 4.39 Å². The summed E-state index contributed by atoms with van der Waals surface area (Å²) in [7, 11) is 1.41. The van der Waals surface area contributed by atoms with E-state index in [0.29, 0.717) is 29.3 Å². The average Bonchev–Trinajstić information content (AvgIpc) is 3.06. The number of hydrogen-bond donors (Lipinski definition) is 3. The van der Waals surface area contributed by atoms with Gasteiger partial charge in [0.15, 0.2) is 17.3 Å². The minimum absolute atomic E-state index is 0.0176. The summed E-state index contributed by atoms with van der Waals surface area (Å²) in [6.45, 7) is 9.57. The van der Waals surface area contributed by atoms with Crippen molar-refractivity contribution in [3.63, 3.8) is 0 Å². The number of aryl methyl sites for hydroxylation is 1. The summed E-state index contributed by atoms with van der Waals surface area (Å²) >= 11 is 0. The fourth-order valence-corrected chi connectivity index (χ4v) is 5.32. The summed E-state index contributed by atoms with van der Waals surface area (Å²) < 4.78 is 47.2. The third kappa shape index (κ3) is 10.3. The standard InChI is InChI=1S/C36H46F2N4O5/c1-5-7-9-16-39-36(44)41-31-23-33(45-4)34(22-30(31)38)47-26-12-10-25(11-13-26)40-35(43)28-20-24(3)32(21-29(28)37)46-27-14-18-42(19-15-27)17-8-6-2/h10-13,20-23,27H,5-9,14-19H2,1-4H3,(H,40,43)(H2,39,41,44). The number of unbranched alkanes of at least 4 members (excludes halogenated alkanes) is 3. The smallest absolute Gasteiger partial charge is 0.319 e. The van der Waals surface area contributed by atoms with Gasteiger partial charge < -0.3 is 35.1 Å². The Morgan fingerprint density at radius 2 is 1.57 bits per heavy atom. The van der Waals surface area contributed by atoms with Gasteiger partial charge in [-0.25, -0.2) is 13.6 Å². The number of piperidine rings is 1. The number of carbonyl (C=O) groups is 2. The average molecular weight is 653 g/mol. The van der Waals surface area contributed by atoms with E-state index in [1.165, 1.54) is 38.2 Å². The molecule has 9 nitrogen and oxygen atoms in total. The number of urea groups is 1. The number of rotatable bonds is 15. The van der Waals surface area contributed by atoms with Gasteiger partial charge in [-0.2, -0.15) is 0 Å². The molecule has 0 radical (unpaired) electrons. The van der Waals surface area contributed by atoms with Crippen molar-refractivity contribution >= 4 is 23.3 Å². The highest BCUT2D eigenvalue weighted by atomic mass is 19.1. The summed E-state index contributed by atoms with van der Waals surface area (Å²) in [5.41, 5.74) is 0.958. The maximum atomic E-state index is 15.1. The lowest BCUT2D eigenvalue weighted by Crippen LogP contribution is -2.38. The molecule has 1 aliphatic heterocycles. The molecule has 1 heterocycles. The van der Waals surface area contributed by atoms with E-state index in [9.17, 15) is 14.0 Å². The molecule has 0 saturated carbocycles. The largest absolute Gasteiger partial charge is 0.493 e. The minimum atomic E-state index is -0.699. The normalized spacial score (nSPS) is 13.6. The number of ether oxygens (including phenoxy) is 3. The van der Waals surface area contributed by atoms with Crippen LogP contribution in [0.25, 0.3) is 0 Å². The Kier molecular flexibility index (Phi) is 13.2. The first-order chi connectivity index (χ1) is 22.7. The van der Waals surface area contributed by atoms with Gasteiger partial charge >= 0.3 is 6.03 Å². The maximum absolute atomic E-state index is 15.1. The molecule has 4 rings (SSSR count). The Labute approximate surface area is 276 Å². The van der Waals surface area contributed by atoms with Gasteiger partial charge in [0.2, 0.25) is 0 Å². The second kappa shape index (κ2) is 17.5. The molecule has 3 amide bonds. The van der Waals surface area contributed by atoms with Crippen molar-refractivity contribution in [1.29, 1.82) is 0 Å². The van der Waals surface area contributed by atoms with E-state index in [1.807, 2.05) is 0 Å². The molecule has 0 aliphatic carbocycles. The molecule has 47 heavy (non-hydrogen) atoms. The van der Waals surface area contributed by atoms with Gasteiger partial charge in [0, 0.05) is 43.5 Å². The SMILES string of the molecule is CCCCCNC(=O)Nc1cc(OC)c(Oc2ccc(NC(=O)c3cc(C)c(OC4CCN(CCCC)CC4)cc3F)cc2)cc1F.